The zero-order valence-corrected chi connectivity index (χ0v) is 11.5. The normalized spacial score (nSPS) is 24.4. The van der Waals surface area contributed by atoms with Crippen LogP contribution in [-0.2, 0) is 0 Å². The average molecular weight is 226 g/mol. The highest BCUT2D eigenvalue weighted by atomic mass is 15.2. The fourth-order valence-electron chi connectivity index (χ4n) is 2.83. The first-order chi connectivity index (χ1) is 7.67. The van der Waals surface area contributed by atoms with Crippen LogP contribution >= 0.6 is 0 Å². The summed E-state index contributed by atoms with van der Waals surface area (Å²) in [5, 5.41) is 0. The van der Waals surface area contributed by atoms with Crippen molar-refractivity contribution in [3.63, 3.8) is 0 Å². The largest absolute Gasteiger partial charge is 0.330 e. The lowest BCUT2D eigenvalue weighted by Crippen LogP contribution is -2.45. The lowest BCUT2D eigenvalue weighted by Gasteiger charge is -2.38. The molecule has 1 atom stereocenters. The van der Waals surface area contributed by atoms with E-state index in [0.717, 1.165) is 12.6 Å². The molecule has 0 amide bonds. The molecule has 1 rings (SSSR count). The van der Waals surface area contributed by atoms with Crippen molar-refractivity contribution in [2.45, 2.75) is 65.3 Å². The van der Waals surface area contributed by atoms with E-state index in [1.165, 1.54) is 51.6 Å². The van der Waals surface area contributed by atoms with Gasteiger partial charge < -0.3 is 10.6 Å². The van der Waals surface area contributed by atoms with Gasteiger partial charge in [-0.3, -0.25) is 0 Å². The molecule has 1 aliphatic heterocycles. The minimum atomic E-state index is 0.360. The molecule has 16 heavy (non-hydrogen) atoms. The lowest BCUT2D eigenvalue weighted by molar-refractivity contribution is 0.113. The summed E-state index contributed by atoms with van der Waals surface area (Å²) in [6.45, 7) is 10.3. The molecule has 0 radical (unpaired) electrons. The molecule has 0 bridgehead atoms. The molecule has 0 aromatic carbocycles. The van der Waals surface area contributed by atoms with E-state index >= 15 is 0 Å². The third-order valence-electron chi connectivity index (χ3n) is 4.66. The van der Waals surface area contributed by atoms with E-state index < -0.39 is 0 Å². The van der Waals surface area contributed by atoms with Crippen LogP contribution in [0.4, 0.5) is 0 Å². The highest BCUT2D eigenvalue weighted by Crippen LogP contribution is 2.29. The second-order valence-corrected chi connectivity index (χ2v) is 5.58. The fourth-order valence-corrected chi connectivity index (χ4v) is 2.83. The SMILES string of the molecule is CCC(CC)(CN)CN1CCCCCC1C. The van der Waals surface area contributed by atoms with Gasteiger partial charge in [-0.2, -0.15) is 0 Å². The average Bonchev–Trinajstić information content (AvgIpc) is 2.52. The van der Waals surface area contributed by atoms with E-state index in [1.807, 2.05) is 0 Å². The monoisotopic (exact) mass is 226 g/mol. The molecule has 0 aromatic heterocycles. The minimum Gasteiger partial charge on any atom is -0.330 e. The molecule has 1 saturated heterocycles. The van der Waals surface area contributed by atoms with Gasteiger partial charge in [-0.25, -0.2) is 0 Å². The van der Waals surface area contributed by atoms with Crippen LogP contribution in [-0.4, -0.2) is 30.6 Å². The summed E-state index contributed by atoms with van der Waals surface area (Å²) in [5.74, 6) is 0. The molecule has 1 fully saturated rings. The Morgan fingerprint density at radius 3 is 2.44 bits per heavy atom. The van der Waals surface area contributed by atoms with E-state index in [-0.39, 0.29) is 0 Å². The summed E-state index contributed by atoms with van der Waals surface area (Å²) in [6, 6.07) is 0.756. The number of nitrogens with two attached hydrogens (primary N) is 1. The predicted octanol–water partition coefficient (Wildman–Crippen LogP) is 3.02. The maximum absolute atomic E-state index is 6.00. The van der Waals surface area contributed by atoms with Gasteiger partial charge in [-0.15, -0.1) is 0 Å². The van der Waals surface area contributed by atoms with Gasteiger partial charge in [-0.05, 0) is 51.1 Å². The van der Waals surface area contributed by atoms with Crippen LogP contribution in [0, 0.1) is 5.41 Å². The van der Waals surface area contributed by atoms with Crippen LogP contribution < -0.4 is 5.73 Å². The third kappa shape index (κ3) is 3.46. The predicted molar refractivity (Wildman–Crippen MR) is 71.6 cm³/mol. The third-order valence-corrected chi connectivity index (χ3v) is 4.66. The van der Waals surface area contributed by atoms with E-state index in [1.54, 1.807) is 0 Å². The molecule has 1 unspecified atom stereocenters. The standard InChI is InChI=1S/C14H30N2/c1-4-14(5-2,11-15)12-16-10-8-6-7-9-13(16)3/h13H,4-12,15H2,1-3H3. The van der Waals surface area contributed by atoms with Crippen LogP contribution in [0.2, 0.25) is 0 Å². The van der Waals surface area contributed by atoms with Crippen molar-refractivity contribution in [1.29, 1.82) is 0 Å². The molecule has 0 aliphatic carbocycles. The zero-order chi connectivity index (χ0) is 12.0. The summed E-state index contributed by atoms with van der Waals surface area (Å²) in [7, 11) is 0. The first kappa shape index (κ1) is 14.0. The van der Waals surface area contributed by atoms with E-state index in [9.17, 15) is 0 Å². The topological polar surface area (TPSA) is 29.3 Å². The zero-order valence-electron chi connectivity index (χ0n) is 11.5. The molecular formula is C14H30N2. The minimum absolute atomic E-state index is 0.360. The van der Waals surface area contributed by atoms with Crippen molar-refractivity contribution < 1.29 is 0 Å². The van der Waals surface area contributed by atoms with Gasteiger partial charge in [0.1, 0.15) is 0 Å². The summed E-state index contributed by atoms with van der Waals surface area (Å²) in [4.78, 5) is 2.69. The van der Waals surface area contributed by atoms with Crippen molar-refractivity contribution in [3.8, 4) is 0 Å². The summed E-state index contributed by atoms with van der Waals surface area (Å²) in [5.41, 5.74) is 6.36. The Balaban J connectivity index is 2.60. The number of likely N-dealkylation sites (tertiary alicyclic amines) is 1. The molecule has 0 aromatic rings. The Hall–Kier alpha value is -0.0800. The van der Waals surface area contributed by atoms with Crippen molar-refractivity contribution in [1.82, 2.24) is 4.90 Å². The van der Waals surface area contributed by atoms with Crippen LogP contribution in [0.1, 0.15) is 59.3 Å². The molecule has 1 heterocycles. The molecular weight excluding hydrogens is 196 g/mol. The molecule has 96 valence electrons. The first-order valence-electron chi connectivity index (χ1n) is 7.11. The van der Waals surface area contributed by atoms with E-state index in [4.69, 9.17) is 5.73 Å². The Morgan fingerprint density at radius 2 is 1.88 bits per heavy atom. The summed E-state index contributed by atoms with van der Waals surface area (Å²) < 4.78 is 0. The Bertz CT molecular complexity index is 179. The smallest absolute Gasteiger partial charge is 0.00671 e. The lowest BCUT2D eigenvalue weighted by atomic mass is 9.81. The molecule has 0 spiro atoms. The number of hydrogen-bond acceptors (Lipinski definition) is 2. The number of nitrogens with zero attached hydrogens (tertiary/aromatic N) is 1. The highest BCUT2D eigenvalue weighted by molar-refractivity contribution is 4.84. The van der Waals surface area contributed by atoms with Crippen molar-refractivity contribution in [2.75, 3.05) is 19.6 Å². The maximum atomic E-state index is 6.00. The van der Waals surface area contributed by atoms with Crippen molar-refractivity contribution in [3.05, 3.63) is 0 Å². The van der Waals surface area contributed by atoms with Gasteiger partial charge in [0.25, 0.3) is 0 Å². The van der Waals surface area contributed by atoms with E-state index in [0.29, 0.717) is 5.41 Å². The Morgan fingerprint density at radius 1 is 1.19 bits per heavy atom. The summed E-state index contributed by atoms with van der Waals surface area (Å²) in [6.07, 6.45) is 7.99. The van der Waals surface area contributed by atoms with Crippen LogP contribution in [0.3, 0.4) is 0 Å². The maximum Gasteiger partial charge on any atom is 0.00671 e. The Labute approximate surface area is 102 Å². The van der Waals surface area contributed by atoms with Crippen LogP contribution in [0.5, 0.6) is 0 Å². The quantitative estimate of drug-likeness (QED) is 0.781. The van der Waals surface area contributed by atoms with Crippen molar-refractivity contribution >= 4 is 0 Å². The molecule has 2 N–H and O–H groups in total. The first-order valence-corrected chi connectivity index (χ1v) is 7.11. The van der Waals surface area contributed by atoms with Crippen molar-refractivity contribution in [2.24, 2.45) is 11.1 Å². The second kappa shape index (κ2) is 6.61. The van der Waals surface area contributed by atoms with Crippen LogP contribution in [0.25, 0.3) is 0 Å². The number of rotatable bonds is 5. The van der Waals surface area contributed by atoms with Gasteiger partial charge in [0.15, 0.2) is 0 Å². The summed E-state index contributed by atoms with van der Waals surface area (Å²) >= 11 is 0. The van der Waals surface area contributed by atoms with Gasteiger partial charge in [0.2, 0.25) is 0 Å². The highest BCUT2D eigenvalue weighted by Gasteiger charge is 2.29. The molecule has 2 heteroatoms. The van der Waals surface area contributed by atoms with Gasteiger partial charge in [0.05, 0.1) is 0 Å². The fraction of sp³-hybridized carbons (Fsp3) is 1.00. The van der Waals surface area contributed by atoms with Crippen LogP contribution in [0.15, 0.2) is 0 Å². The second-order valence-electron chi connectivity index (χ2n) is 5.58. The molecule has 0 saturated carbocycles. The molecule has 2 nitrogen and oxygen atoms in total. The van der Waals surface area contributed by atoms with E-state index in [2.05, 4.69) is 25.7 Å². The number of hydrogen-bond donors (Lipinski definition) is 1. The van der Waals surface area contributed by atoms with Gasteiger partial charge in [-0.1, -0.05) is 26.7 Å². The molecule has 1 aliphatic rings. The van der Waals surface area contributed by atoms with Gasteiger partial charge in [0, 0.05) is 12.6 Å². The Kier molecular flexibility index (Phi) is 5.77. The van der Waals surface area contributed by atoms with Gasteiger partial charge >= 0.3 is 0 Å².